The largest absolute Gasteiger partial charge is 0.397 e. The first-order chi connectivity index (χ1) is 56.6. The molecule has 0 radical (unpaired) electrons. The maximum atomic E-state index is 12.9. The first-order valence-electron chi connectivity index (χ1n) is 29.4. The first-order valence-corrected chi connectivity index (χ1v) is 54.0. The van der Waals surface area contributed by atoms with Gasteiger partial charge in [-0.1, -0.05) is 0 Å². The van der Waals surface area contributed by atoms with Crippen molar-refractivity contribution in [3.05, 3.63) is 0 Å². The van der Waals surface area contributed by atoms with Crippen LogP contribution in [0.25, 0.3) is 0 Å². The third-order valence-corrected chi connectivity index (χ3v) is 22.0. The molecule has 0 unspecified atom stereocenters. The molecule has 0 aromatic heterocycles. The van der Waals surface area contributed by atoms with E-state index < -0.39 is 374 Å². The van der Waals surface area contributed by atoms with Crippen LogP contribution in [0.15, 0.2) is 0 Å². The van der Waals surface area contributed by atoms with Crippen LogP contribution in [-0.4, -0.2) is 420 Å². The van der Waals surface area contributed by atoms with Gasteiger partial charge in [-0.2, -0.15) is 152 Å². The number of hydrogen-bond donors (Lipinski definition) is 18. The lowest BCUT2D eigenvalue weighted by Crippen LogP contribution is -2.65. The predicted octanol–water partition coefficient (Wildman–Crippen LogP) is -15.4. The molecule has 0 saturated carbocycles. The Bertz CT molecular complexity index is 5720. The van der Waals surface area contributed by atoms with Crippen molar-refractivity contribution in [2.75, 3.05) is 39.6 Å². The van der Waals surface area contributed by atoms with Gasteiger partial charge in [0.25, 0.3) is 0 Å². The van der Waals surface area contributed by atoms with Crippen LogP contribution in [0.1, 0.15) is 0 Å². The standard InChI is InChI=1S/C30H54O80S18/c31-111(32,33)89-5-9-15(99-117(49,50)51)21(105-123(67,68)69)25(109-127(79,80)81)27(93-9)85-1-7-13(97-115(43,44)45)19(103-121(61,62)63)23(107-125(73,74)75)29(91-7)87-3-11(95-113(37,38)39)17(101-119(55,56)57)18(102-120(58,59)60)12(96-114(40,41)42)4-88-30-24(108-126(76,77)78)20(104-122(64,65)66)14(98-116(46,47)48)8(92-30)2-86-28-26(110-128(82,83)84)22(106-124(70,71)72)16(100-118(52,53)54)10(94-28)6-90-112(34,35)36/h7-30H,1-6H2,(H,31,32,33)(H,34,35,36)(H,37,38,39)(H,40,41,42)(H,43,44,45)(H,46,47,48)(H,49,50,51)(H,52,53,54)(H,55,56,57)(H,58,59,60)(H,61,62,63)(H,64,65,66)(H,67,68,69)(H,70,71,72)(H,73,74,75)(H,76,77,78)(H,79,80,81)(H,82,83,84)/t7-,8-,9-,10-,11-,12-,13-,14-,15-,16-,17-,18-,19+,20+,21+,22+,23-,24-,25-,26-,27-,28-,29-,30-/m1/s1. The monoisotopic (exact) mass is 2270 g/mol. The highest BCUT2D eigenvalue weighted by Crippen LogP contribution is 2.40. The fraction of sp³-hybridized carbons (Fsp3) is 1.00. The molecule has 0 spiro atoms. The highest BCUT2D eigenvalue weighted by molar-refractivity contribution is 7.85. The molecular formula is C30H54O80S18. The van der Waals surface area contributed by atoms with Crippen molar-refractivity contribution >= 4 is 187 Å². The van der Waals surface area contributed by atoms with Gasteiger partial charge in [0.2, 0.25) is 0 Å². The summed E-state index contributed by atoms with van der Waals surface area (Å²) in [6, 6.07) is 0. The summed E-state index contributed by atoms with van der Waals surface area (Å²) in [5.74, 6) is 0. The van der Waals surface area contributed by atoms with Crippen LogP contribution in [0.4, 0.5) is 0 Å². The SMILES string of the molecule is O=S(=O)(O)OC[C@H]1O[C@@H](OC[C@H]2O[C@@H](OC[C@@H](OS(=O)(=O)O)[C@@H](OS(=O)(=O)O)[C@H](OS(=O)(=O)O)[C@@H](CO[C@@H]3O[C@H](CO[C@@H]4O[C@H](COS(=O)(=O)O)[C@@H](OS(=O)(=O)O)[C@H](OS(=O)(=O)O)[C@H]4OS(=O)(=O)O)[C@@H](OS(=O)(=O)O)[C@H](OS(=O)(=O)O)[C@H]3OS(=O)(=O)O)OS(=O)(=O)O)[C@H](OS(=O)(=O)O)[C@@H](OS(=O)(=O)O)[C@@H]2OS(=O)(=O)O)[C@H](OS(=O)(=O)O)[C@@H](OS(=O)(=O)O)[C@@H]1OS(=O)(=O)O. The smallest absolute Gasteiger partial charge is 0.347 e. The molecule has 0 aliphatic carbocycles. The Labute approximate surface area is 715 Å². The van der Waals surface area contributed by atoms with Gasteiger partial charge in [0.1, 0.15) is 97.7 Å². The van der Waals surface area contributed by atoms with Crippen molar-refractivity contribution in [2.24, 2.45) is 0 Å². The van der Waals surface area contributed by atoms with Crippen LogP contribution in [0.2, 0.25) is 0 Å². The van der Waals surface area contributed by atoms with Crippen molar-refractivity contribution in [3.63, 3.8) is 0 Å². The topological polar surface area (TPSA) is 1220 Å². The highest BCUT2D eigenvalue weighted by atomic mass is 32.3. The van der Waals surface area contributed by atoms with Crippen molar-refractivity contribution < 1.29 is 347 Å². The average molecular weight is 2270 g/mol. The number of ether oxygens (including phenoxy) is 8. The van der Waals surface area contributed by atoms with Gasteiger partial charge in [0.05, 0.1) is 39.6 Å². The molecule has 4 saturated heterocycles. The molecule has 4 aliphatic rings. The summed E-state index contributed by atoms with van der Waals surface area (Å²) in [4.78, 5) is 0. The Morgan fingerprint density at radius 1 is 0.180 bits per heavy atom. The molecule has 0 aromatic rings. The third kappa shape index (κ3) is 45.5. The van der Waals surface area contributed by atoms with E-state index in [-0.39, 0.29) is 0 Å². The molecule has 80 nitrogen and oxygen atoms in total. The summed E-state index contributed by atoms with van der Waals surface area (Å²) in [5, 5.41) is 0. The van der Waals surface area contributed by atoms with E-state index in [0.717, 1.165) is 0 Å². The molecule has 0 aromatic carbocycles. The highest BCUT2D eigenvalue weighted by Gasteiger charge is 2.62. The van der Waals surface area contributed by atoms with E-state index in [4.69, 9.17) is 37.9 Å². The van der Waals surface area contributed by atoms with Gasteiger partial charge in [-0.3, -0.25) is 81.9 Å². The Kier molecular flexibility index (Phi) is 39.7. The summed E-state index contributed by atoms with van der Waals surface area (Å²) in [6.07, 6.45) is -91.1. The van der Waals surface area contributed by atoms with E-state index in [2.05, 4.69) is 75.3 Å². The normalized spacial score (nSPS) is 29.7. The second-order valence-electron chi connectivity index (χ2n) is 22.9. The van der Waals surface area contributed by atoms with Crippen molar-refractivity contribution in [1.82, 2.24) is 0 Å². The van der Waals surface area contributed by atoms with E-state index in [1.165, 1.54) is 0 Å². The van der Waals surface area contributed by atoms with Gasteiger partial charge >= 0.3 is 187 Å². The minimum Gasteiger partial charge on any atom is -0.347 e. The van der Waals surface area contributed by atoms with Crippen LogP contribution in [0.3, 0.4) is 0 Å². The molecule has 98 heteroatoms. The summed E-state index contributed by atoms with van der Waals surface area (Å²) in [7, 11) is -120. The number of hydrogen-bond acceptors (Lipinski definition) is 62. The maximum absolute atomic E-state index is 12.9. The molecule has 0 amide bonds. The van der Waals surface area contributed by atoms with Crippen LogP contribution in [-0.2, 0) is 300 Å². The van der Waals surface area contributed by atoms with Gasteiger partial charge in [-0.15, -0.1) is 0 Å². The minimum absolute atomic E-state index is 2.19. The fourth-order valence-electron chi connectivity index (χ4n) is 10.3. The van der Waals surface area contributed by atoms with E-state index in [1.54, 1.807) is 0 Å². The van der Waals surface area contributed by atoms with Gasteiger partial charge in [0, 0.05) is 0 Å². The Morgan fingerprint density at radius 3 is 0.500 bits per heavy atom. The van der Waals surface area contributed by atoms with Crippen molar-refractivity contribution in [3.8, 4) is 0 Å². The minimum atomic E-state index is -7.15. The second kappa shape index (κ2) is 43.2. The van der Waals surface area contributed by atoms with Crippen molar-refractivity contribution in [1.29, 1.82) is 0 Å². The Balaban J connectivity index is 2.15. The first kappa shape index (κ1) is 118. The summed E-state index contributed by atoms with van der Waals surface area (Å²) in [6.45, 7) is -15.2. The predicted molar refractivity (Wildman–Crippen MR) is 356 cm³/mol. The second-order valence-corrected chi connectivity index (χ2v) is 41.8. The maximum Gasteiger partial charge on any atom is 0.397 e. The molecule has 762 valence electrons. The zero-order valence-electron chi connectivity index (χ0n) is 58.8. The Morgan fingerprint density at radius 2 is 0.336 bits per heavy atom. The number of rotatable bonds is 53. The molecule has 4 rings (SSSR count). The lowest BCUT2D eigenvalue weighted by Gasteiger charge is -2.45. The average Bonchev–Trinajstić information content (AvgIpc) is 0.772. The fourth-order valence-corrected chi connectivity index (χ4v) is 18.8. The molecule has 4 fully saturated rings. The van der Waals surface area contributed by atoms with Gasteiger partial charge in [-0.25, -0.2) is 75.3 Å². The van der Waals surface area contributed by atoms with Gasteiger partial charge in [-0.05, 0) is 0 Å². The molecule has 4 aliphatic heterocycles. The Hall–Kier alpha value is -2.66. The van der Waals surface area contributed by atoms with Crippen molar-refractivity contribution in [2.45, 2.75) is 147 Å². The summed E-state index contributed by atoms with van der Waals surface area (Å²) >= 11 is 0. The summed E-state index contributed by atoms with van der Waals surface area (Å²) in [5.41, 5.74) is 0. The zero-order chi connectivity index (χ0) is 99.5. The lowest BCUT2D eigenvalue weighted by atomic mass is 9.98. The molecular weight excluding hydrogens is 2220 g/mol. The van der Waals surface area contributed by atoms with Crippen LogP contribution in [0, 0.1) is 0 Å². The molecule has 18 N–H and O–H groups in total. The van der Waals surface area contributed by atoms with E-state index in [9.17, 15) is 233 Å². The molecule has 0 bridgehead atoms. The van der Waals surface area contributed by atoms with Gasteiger partial charge in [0.15, 0.2) is 49.6 Å². The molecule has 128 heavy (non-hydrogen) atoms. The molecule has 4 heterocycles. The molecule has 24 atom stereocenters. The van der Waals surface area contributed by atoms with E-state index in [0.29, 0.717) is 0 Å². The lowest BCUT2D eigenvalue weighted by molar-refractivity contribution is -0.321. The summed E-state index contributed by atoms with van der Waals surface area (Å²) < 4.78 is 735. The van der Waals surface area contributed by atoms with Crippen LogP contribution in [0.5, 0.6) is 0 Å². The van der Waals surface area contributed by atoms with Gasteiger partial charge < -0.3 is 37.9 Å². The quantitative estimate of drug-likeness (QED) is 0.0252. The van der Waals surface area contributed by atoms with E-state index in [1.807, 2.05) is 0 Å². The van der Waals surface area contributed by atoms with Crippen LogP contribution >= 0.6 is 0 Å². The zero-order valence-corrected chi connectivity index (χ0v) is 73.5. The third-order valence-electron chi connectivity index (χ3n) is 13.6. The van der Waals surface area contributed by atoms with E-state index >= 15 is 0 Å². The van der Waals surface area contributed by atoms with Crippen LogP contribution < -0.4 is 0 Å².